The number of nitrogens with zero attached hydrogens (tertiary/aromatic N) is 3. The Kier molecular flexibility index (Phi) is 7.66. The van der Waals surface area contributed by atoms with E-state index in [9.17, 15) is 9.59 Å². The lowest BCUT2D eigenvalue weighted by molar-refractivity contribution is 0.0972. The molecule has 2 heterocycles. The molecule has 10 heteroatoms. The van der Waals surface area contributed by atoms with Crippen molar-refractivity contribution in [2.24, 2.45) is 5.73 Å². The van der Waals surface area contributed by atoms with Crippen molar-refractivity contribution in [3.63, 3.8) is 0 Å². The minimum atomic E-state index is -1.78. The number of hydrogen-bond donors (Lipinski definition) is 2. The molecule has 202 valence electrons. The topological polar surface area (TPSA) is 112 Å². The van der Waals surface area contributed by atoms with Crippen LogP contribution in [0.25, 0.3) is 5.69 Å². The maximum Gasteiger partial charge on any atom is 0.277 e. The lowest BCUT2D eigenvalue weighted by Crippen LogP contribution is -2.41. The van der Waals surface area contributed by atoms with Gasteiger partial charge in [-0.05, 0) is 73.1 Å². The summed E-state index contributed by atoms with van der Waals surface area (Å²) >= 11 is 0. The Bertz CT molecular complexity index is 1310. The van der Waals surface area contributed by atoms with E-state index in [4.69, 9.17) is 14.9 Å². The molecule has 0 saturated heterocycles. The number of benzene rings is 2. The van der Waals surface area contributed by atoms with E-state index in [1.807, 2.05) is 24.3 Å². The Morgan fingerprint density at radius 1 is 1.08 bits per heavy atom. The molecule has 1 aliphatic rings. The quantitative estimate of drug-likeness (QED) is 0.306. The van der Waals surface area contributed by atoms with Crippen molar-refractivity contribution in [1.82, 2.24) is 9.78 Å². The summed E-state index contributed by atoms with van der Waals surface area (Å²) in [7, 11) is -0.193. The monoisotopic (exact) mass is 535 g/mol. The van der Waals surface area contributed by atoms with E-state index >= 15 is 0 Å². The van der Waals surface area contributed by atoms with Gasteiger partial charge in [-0.25, -0.2) is 4.68 Å². The third-order valence-corrected chi connectivity index (χ3v) is 12.0. The van der Waals surface area contributed by atoms with Crippen LogP contribution in [-0.2, 0) is 10.8 Å². The van der Waals surface area contributed by atoms with Crippen molar-refractivity contribution in [2.75, 3.05) is 37.0 Å². The van der Waals surface area contributed by atoms with E-state index in [2.05, 4.69) is 44.3 Å². The Hall–Kier alpha value is -3.63. The summed E-state index contributed by atoms with van der Waals surface area (Å²) < 4.78 is 13.0. The number of fused-ring (bicyclic) bond motifs is 1. The van der Waals surface area contributed by atoms with E-state index < -0.39 is 14.2 Å². The summed E-state index contributed by atoms with van der Waals surface area (Å²) in [6.07, 6.45) is 0.473. The number of ether oxygens (including phenoxy) is 1. The van der Waals surface area contributed by atoms with Gasteiger partial charge >= 0.3 is 0 Å². The van der Waals surface area contributed by atoms with Crippen molar-refractivity contribution >= 4 is 31.5 Å². The molecule has 0 unspecified atom stereocenters. The number of amides is 2. The zero-order valence-corrected chi connectivity index (χ0v) is 24.0. The molecule has 4 rings (SSSR count). The first kappa shape index (κ1) is 27.4. The second-order valence-corrected chi connectivity index (χ2v) is 15.7. The molecule has 0 aliphatic carbocycles. The summed E-state index contributed by atoms with van der Waals surface area (Å²) in [5.74, 6) is -0.202. The second kappa shape index (κ2) is 10.6. The van der Waals surface area contributed by atoms with E-state index in [1.54, 1.807) is 36.3 Å². The van der Waals surface area contributed by atoms with E-state index in [1.165, 1.54) is 4.68 Å². The number of carbonyl (C=O) groups is 2. The maximum absolute atomic E-state index is 13.7. The second-order valence-electron chi connectivity index (χ2n) is 10.9. The summed E-state index contributed by atoms with van der Waals surface area (Å²) in [5.41, 5.74) is 9.03. The van der Waals surface area contributed by atoms with Crippen LogP contribution in [0.2, 0.25) is 18.1 Å². The van der Waals surface area contributed by atoms with Gasteiger partial charge in [0.1, 0.15) is 11.4 Å². The highest BCUT2D eigenvalue weighted by atomic mass is 28.4. The Balaban J connectivity index is 1.50. The number of anilines is 2. The van der Waals surface area contributed by atoms with Gasteiger partial charge in [0.15, 0.2) is 14.0 Å². The Morgan fingerprint density at radius 3 is 2.29 bits per heavy atom. The number of methoxy groups -OCH3 is 1. The lowest BCUT2D eigenvalue weighted by atomic mass is 10.0. The normalized spacial score (nSPS) is 13.8. The zero-order chi connectivity index (χ0) is 27.7. The summed E-state index contributed by atoms with van der Waals surface area (Å²) in [4.78, 5) is 27.5. The van der Waals surface area contributed by atoms with Gasteiger partial charge in [-0.15, -0.1) is 0 Å². The van der Waals surface area contributed by atoms with Crippen LogP contribution in [0.4, 0.5) is 11.4 Å². The Morgan fingerprint density at radius 2 is 1.71 bits per heavy atom. The molecule has 0 fully saturated rings. The first-order valence-corrected chi connectivity index (χ1v) is 15.7. The van der Waals surface area contributed by atoms with Crippen LogP contribution in [-0.4, -0.2) is 56.7 Å². The number of aromatic nitrogens is 2. The molecule has 2 amide bonds. The number of primary amides is 1. The predicted molar refractivity (Wildman–Crippen MR) is 152 cm³/mol. The number of carbonyl (C=O) groups excluding carboxylic acids is 2. The van der Waals surface area contributed by atoms with Gasteiger partial charge < -0.3 is 25.1 Å². The van der Waals surface area contributed by atoms with Crippen LogP contribution in [0.15, 0.2) is 48.5 Å². The standard InChI is InChI=1S/C28H37N5O4Si/c1-28(2,3)38(5,6)37-18-16-30-19-7-9-20(10-8-19)32-17-15-23-24(26(29)34)31-33(25(23)27(32)35)21-11-13-22(36-4)14-12-21/h7-14,30H,15-18H2,1-6H3,(H2,29,34). The molecule has 38 heavy (non-hydrogen) atoms. The van der Waals surface area contributed by atoms with E-state index in [0.717, 1.165) is 11.4 Å². The molecule has 1 aromatic heterocycles. The lowest BCUT2D eigenvalue weighted by Gasteiger charge is -2.36. The van der Waals surface area contributed by atoms with Crippen LogP contribution in [0.5, 0.6) is 5.75 Å². The number of hydrogen-bond acceptors (Lipinski definition) is 6. The van der Waals surface area contributed by atoms with Gasteiger partial charge in [0.2, 0.25) is 0 Å². The average molecular weight is 536 g/mol. The molecule has 0 saturated carbocycles. The predicted octanol–water partition coefficient (Wildman–Crippen LogP) is 4.62. The third kappa shape index (κ3) is 5.46. The van der Waals surface area contributed by atoms with Crippen molar-refractivity contribution in [3.05, 3.63) is 65.5 Å². The minimum Gasteiger partial charge on any atom is -0.497 e. The van der Waals surface area contributed by atoms with Gasteiger partial charge in [0.25, 0.3) is 11.8 Å². The van der Waals surface area contributed by atoms with Gasteiger partial charge in [-0.1, -0.05) is 20.8 Å². The summed E-state index contributed by atoms with van der Waals surface area (Å²) in [6, 6.07) is 14.9. The molecule has 0 spiro atoms. The van der Waals surface area contributed by atoms with Gasteiger partial charge in [0, 0.05) is 30.0 Å². The largest absolute Gasteiger partial charge is 0.497 e. The fraction of sp³-hybridized carbons (Fsp3) is 0.393. The number of nitrogens with one attached hydrogen (secondary N) is 1. The SMILES string of the molecule is COc1ccc(-n2nc(C(N)=O)c3c2C(=O)N(c2ccc(NCCO[Si](C)(C)C(C)(C)C)cc2)CC3)cc1. The molecule has 9 nitrogen and oxygen atoms in total. The van der Waals surface area contributed by atoms with Crippen molar-refractivity contribution in [1.29, 1.82) is 0 Å². The van der Waals surface area contributed by atoms with Gasteiger partial charge in [0.05, 0.1) is 19.4 Å². The molecule has 0 atom stereocenters. The average Bonchev–Trinajstić information content (AvgIpc) is 3.28. The molecule has 0 radical (unpaired) electrons. The molecule has 0 bridgehead atoms. The van der Waals surface area contributed by atoms with Crippen LogP contribution in [0, 0.1) is 0 Å². The third-order valence-electron chi connectivity index (χ3n) is 7.45. The van der Waals surface area contributed by atoms with E-state index in [-0.39, 0.29) is 16.6 Å². The molecule has 1 aliphatic heterocycles. The fourth-order valence-electron chi connectivity index (χ4n) is 4.19. The van der Waals surface area contributed by atoms with Crippen LogP contribution >= 0.6 is 0 Å². The summed E-state index contributed by atoms with van der Waals surface area (Å²) in [6.45, 7) is 13.0. The first-order valence-electron chi connectivity index (χ1n) is 12.8. The molecule has 2 aromatic carbocycles. The molecule has 3 aromatic rings. The summed E-state index contributed by atoms with van der Waals surface area (Å²) in [5, 5.41) is 8.00. The minimum absolute atomic E-state index is 0.128. The van der Waals surface area contributed by atoms with Crippen LogP contribution in [0.3, 0.4) is 0 Å². The van der Waals surface area contributed by atoms with Gasteiger partial charge in [-0.2, -0.15) is 5.10 Å². The van der Waals surface area contributed by atoms with Crippen LogP contribution < -0.4 is 20.7 Å². The molecular formula is C28H37N5O4Si. The number of rotatable bonds is 9. The van der Waals surface area contributed by atoms with Gasteiger partial charge in [-0.3, -0.25) is 9.59 Å². The van der Waals surface area contributed by atoms with E-state index in [0.29, 0.717) is 48.8 Å². The highest BCUT2D eigenvalue weighted by molar-refractivity contribution is 6.74. The number of nitrogens with two attached hydrogens (primary N) is 1. The van der Waals surface area contributed by atoms with Crippen molar-refractivity contribution in [2.45, 2.75) is 45.3 Å². The zero-order valence-electron chi connectivity index (χ0n) is 23.0. The molecule has 3 N–H and O–H groups in total. The van der Waals surface area contributed by atoms with Crippen LogP contribution in [0.1, 0.15) is 47.3 Å². The van der Waals surface area contributed by atoms with Crippen molar-refractivity contribution in [3.8, 4) is 11.4 Å². The first-order chi connectivity index (χ1) is 17.9. The smallest absolute Gasteiger partial charge is 0.277 e. The maximum atomic E-state index is 13.7. The Labute approximate surface area is 225 Å². The highest BCUT2D eigenvalue weighted by Crippen LogP contribution is 2.36. The highest BCUT2D eigenvalue weighted by Gasteiger charge is 2.37. The molecular weight excluding hydrogens is 498 g/mol. The fourth-order valence-corrected chi connectivity index (χ4v) is 5.24. The van der Waals surface area contributed by atoms with Crippen molar-refractivity contribution < 1.29 is 18.8 Å².